The molecule has 1 aromatic carbocycles. The Bertz CT molecular complexity index is 674. The lowest BCUT2D eigenvalue weighted by molar-refractivity contribution is -0.383. The van der Waals surface area contributed by atoms with Gasteiger partial charge in [-0.25, -0.2) is 0 Å². The number of fused-ring (bicyclic) bond motifs is 1. The van der Waals surface area contributed by atoms with Gasteiger partial charge in [0.15, 0.2) is 0 Å². The second-order valence-electron chi connectivity index (χ2n) is 5.47. The first kappa shape index (κ1) is 13.8. The number of hydrogen-bond acceptors (Lipinski definition) is 5. The third kappa shape index (κ3) is 2.54. The Hall–Kier alpha value is -2.21. The van der Waals surface area contributed by atoms with Crippen LogP contribution in [0.5, 0.6) is 0 Å². The van der Waals surface area contributed by atoms with Gasteiger partial charge >= 0.3 is 0 Å². The number of non-ortho nitro benzene ring substituents is 1. The monoisotopic (exact) mass is 286 g/mol. The van der Waals surface area contributed by atoms with Gasteiger partial charge in [0.05, 0.1) is 10.3 Å². The molecule has 1 aliphatic rings. The highest BCUT2D eigenvalue weighted by atomic mass is 16.6. The number of nitro benzene ring substituents is 1. The lowest BCUT2D eigenvalue weighted by atomic mass is 9.97. The summed E-state index contributed by atoms with van der Waals surface area (Å²) in [5, 5.41) is 12.6. The van der Waals surface area contributed by atoms with Crippen LogP contribution in [0.15, 0.2) is 30.6 Å². The van der Waals surface area contributed by atoms with Crippen molar-refractivity contribution < 1.29 is 4.92 Å². The number of nitrogens with zero attached hydrogens (tertiary/aromatic N) is 3. The number of aromatic nitrogens is 1. The predicted molar refractivity (Wildman–Crippen MR) is 82.4 cm³/mol. The third-order valence-corrected chi connectivity index (χ3v) is 4.16. The van der Waals surface area contributed by atoms with Crippen molar-refractivity contribution in [2.75, 3.05) is 24.5 Å². The van der Waals surface area contributed by atoms with E-state index in [1.165, 1.54) is 0 Å². The fourth-order valence-corrected chi connectivity index (χ4v) is 3.07. The zero-order valence-electron chi connectivity index (χ0n) is 11.7. The van der Waals surface area contributed by atoms with Crippen molar-refractivity contribution in [2.45, 2.75) is 12.8 Å². The summed E-state index contributed by atoms with van der Waals surface area (Å²) in [4.78, 5) is 17.1. The molecule has 1 atom stereocenters. The standard InChI is InChI=1S/C15H18N4O2/c16-8-11-2-1-7-18(10-11)14-3-4-15(19(20)21)13-9-17-6-5-12(13)14/h3-6,9,11H,1-2,7-8,10,16H2. The van der Waals surface area contributed by atoms with Crippen LogP contribution < -0.4 is 10.6 Å². The first-order chi connectivity index (χ1) is 10.2. The summed E-state index contributed by atoms with van der Waals surface area (Å²) in [6, 6.07) is 5.27. The molecule has 0 saturated carbocycles. The quantitative estimate of drug-likeness (QED) is 0.691. The highest BCUT2D eigenvalue weighted by molar-refractivity contribution is 5.99. The minimum atomic E-state index is -0.354. The molecule has 0 spiro atoms. The van der Waals surface area contributed by atoms with Gasteiger partial charge in [-0.1, -0.05) is 0 Å². The van der Waals surface area contributed by atoms with E-state index in [9.17, 15) is 10.1 Å². The summed E-state index contributed by atoms with van der Waals surface area (Å²) in [5.74, 6) is 0.492. The van der Waals surface area contributed by atoms with Crippen molar-refractivity contribution in [2.24, 2.45) is 11.7 Å². The van der Waals surface area contributed by atoms with Crippen LogP contribution >= 0.6 is 0 Å². The SMILES string of the molecule is NCC1CCCN(c2ccc([N+](=O)[O-])c3cnccc23)C1. The molecule has 6 nitrogen and oxygen atoms in total. The van der Waals surface area contributed by atoms with Crippen molar-refractivity contribution in [3.63, 3.8) is 0 Å². The van der Waals surface area contributed by atoms with Gasteiger partial charge in [-0.3, -0.25) is 15.1 Å². The van der Waals surface area contributed by atoms with E-state index in [2.05, 4.69) is 9.88 Å². The molecule has 0 radical (unpaired) electrons. The lowest BCUT2D eigenvalue weighted by Crippen LogP contribution is -2.38. The van der Waals surface area contributed by atoms with Gasteiger partial charge in [0.2, 0.25) is 0 Å². The fourth-order valence-electron chi connectivity index (χ4n) is 3.07. The molecule has 2 aromatic rings. The van der Waals surface area contributed by atoms with Crippen LogP contribution in [0.25, 0.3) is 10.8 Å². The molecule has 0 aliphatic carbocycles. The van der Waals surface area contributed by atoms with Crippen LogP contribution in [0.3, 0.4) is 0 Å². The van der Waals surface area contributed by atoms with Crippen LogP contribution in [-0.4, -0.2) is 29.5 Å². The van der Waals surface area contributed by atoms with Gasteiger partial charge in [-0.05, 0) is 37.4 Å². The highest BCUT2D eigenvalue weighted by Gasteiger charge is 2.22. The number of anilines is 1. The van der Waals surface area contributed by atoms with Crippen LogP contribution in [0, 0.1) is 16.0 Å². The van der Waals surface area contributed by atoms with Crippen molar-refractivity contribution in [1.82, 2.24) is 4.98 Å². The number of nitro groups is 1. The van der Waals surface area contributed by atoms with Crippen molar-refractivity contribution in [3.8, 4) is 0 Å². The first-order valence-electron chi connectivity index (χ1n) is 7.17. The largest absolute Gasteiger partial charge is 0.371 e. The smallest absolute Gasteiger partial charge is 0.278 e. The maximum absolute atomic E-state index is 11.1. The van der Waals surface area contributed by atoms with E-state index in [0.29, 0.717) is 17.8 Å². The average Bonchev–Trinajstić information content (AvgIpc) is 2.53. The van der Waals surface area contributed by atoms with Gasteiger partial charge < -0.3 is 10.6 Å². The number of benzene rings is 1. The number of pyridine rings is 1. The van der Waals surface area contributed by atoms with Crippen LogP contribution in [0.4, 0.5) is 11.4 Å². The van der Waals surface area contributed by atoms with Gasteiger partial charge in [0.25, 0.3) is 5.69 Å². The Morgan fingerprint density at radius 3 is 3.00 bits per heavy atom. The minimum Gasteiger partial charge on any atom is -0.371 e. The van der Waals surface area contributed by atoms with E-state index in [0.717, 1.165) is 37.0 Å². The molecule has 1 fully saturated rings. The van der Waals surface area contributed by atoms with E-state index >= 15 is 0 Å². The van der Waals surface area contributed by atoms with E-state index in [4.69, 9.17) is 5.73 Å². The predicted octanol–water partition coefficient (Wildman–Crippen LogP) is 2.32. The molecule has 0 bridgehead atoms. The Kier molecular flexibility index (Phi) is 3.70. The van der Waals surface area contributed by atoms with E-state index in [1.807, 2.05) is 12.1 Å². The number of nitrogens with two attached hydrogens (primary N) is 1. The van der Waals surface area contributed by atoms with Crippen LogP contribution in [-0.2, 0) is 0 Å². The lowest BCUT2D eigenvalue weighted by Gasteiger charge is -2.34. The summed E-state index contributed by atoms with van der Waals surface area (Å²) < 4.78 is 0. The van der Waals surface area contributed by atoms with E-state index in [1.54, 1.807) is 18.5 Å². The third-order valence-electron chi connectivity index (χ3n) is 4.16. The molecule has 21 heavy (non-hydrogen) atoms. The molecular formula is C15H18N4O2. The Morgan fingerprint density at radius 1 is 1.38 bits per heavy atom. The number of hydrogen-bond donors (Lipinski definition) is 1. The maximum atomic E-state index is 11.1. The molecule has 1 saturated heterocycles. The zero-order valence-corrected chi connectivity index (χ0v) is 11.7. The van der Waals surface area contributed by atoms with Gasteiger partial charge in [-0.2, -0.15) is 0 Å². The van der Waals surface area contributed by atoms with Crippen molar-refractivity contribution in [3.05, 3.63) is 40.7 Å². The topological polar surface area (TPSA) is 85.3 Å². The molecule has 2 heterocycles. The van der Waals surface area contributed by atoms with E-state index < -0.39 is 0 Å². The maximum Gasteiger partial charge on any atom is 0.278 e. The molecule has 110 valence electrons. The van der Waals surface area contributed by atoms with Gasteiger partial charge in [0.1, 0.15) is 0 Å². The number of rotatable bonds is 3. The van der Waals surface area contributed by atoms with Crippen LogP contribution in [0.2, 0.25) is 0 Å². The molecular weight excluding hydrogens is 268 g/mol. The molecule has 0 amide bonds. The Morgan fingerprint density at radius 2 is 2.24 bits per heavy atom. The molecule has 6 heteroatoms. The summed E-state index contributed by atoms with van der Waals surface area (Å²) in [7, 11) is 0. The summed E-state index contributed by atoms with van der Waals surface area (Å²) in [6.45, 7) is 2.56. The highest BCUT2D eigenvalue weighted by Crippen LogP contribution is 2.34. The van der Waals surface area contributed by atoms with E-state index in [-0.39, 0.29) is 10.6 Å². The van der Waals surface area contributed by atoms with Crippen molar-refractivity contribution >= 4 is 22.1 Å². The molecule has 1 aliphatic heterocycles. The summed E-state index contributed by atoms with van der Waals surface area (Å²) in [6.07, 6.45) is 5.51. The first-order valence-corrected chi connectivity index (χ1v) is 7.17. The number of piperidine rings is 1. The molecule has 1 unspecified atom stereocenters. The normalized spacial score (nSPS) is 18.9. The summed E-state index contributed by atoms with van der Waals surface area (Å²) in [5.41, 5.74) is 6.94. The second kappa shape index (κ2) is 5.65. The Labute approximate surface area is 122 Å². The Balaban J connectivity index is 2.07. The van der Waals surface area contributed by atoms with Gasteiger partial charge in [0, 0.05) is 42.6 Å². The second-order valence-corrected chi connectivity index (χ2v) is 5.47. The molecule has 1 aromatic heterocycles. The summed E-state index contributed by atoms with van der Waals surface area (Å²) >= 11 is 0. The van der Waals surface area contributed by atoms with Crippen LogP contribution in [0.1, 0.15) is 12.8 Å². The van der Waals surface area contributed by atoms with Crippen molar-refractivity contribution in [1.29, 1.82) is 0 Å². The zero-order chi connectivity index (χ0) is 14.8. The fraction of sp³-hybridized carbons (Fsp3) is 0.400. The average molecular weight is 286 g/mol. The minimum absolute atomic E-state index is 0.106. The molecule has 2 N–H and O–H groups in total. The molecule has 3 rings (SSSR count). The van der Waals surface area contributed by atoms with Gasteiger partial charge in [-0.15, -0.1) is 0 Å².